The van der Waals surface area contributed by atoms with Crippen molar-refractivity contribution in [2.75, 3.05) is 18.0 Å². The van der Waals surface area contributed by atoms with Crippen LogP contribution >= 0.6 is 0 Å². The maximum atomic E-state index is 12.4. The number of aromatic nitrogens is 4. The standard InChI is InChI=1S/C20H22N6O2/c27-17(9-10-18-24-20(25-28-18)19-21-11-5-12-22-19)23-15-6-4-13-26(14-15)16-7-2-1-3-8-16/h1-3,5,7-8,11-12,15H,4,6,9-10,13-14H2,(H,23,27). The fourth-order valence-electron chi connectivity index (χ4n) is 3.35. The molecule has 0 spiro atoms. The number of anilines is 1. The summed E-state index contributed by atoms with van der Waals surface area (Å²) in [5.41, 5.74) is 1.20. The maximum absolute atomic E-state index is 12.4. The zero-order valence-corrected chi connectivity index (χ0v) is 15.5. The zero-order valence-electron chi connectivity index (χ0n) is 15.5. The average molecular weight is 378 g/mol. The quantitative estimate of drug-likeness (QED) is 0.702. The van der Waals surface area contributed by atoms with Crippen LogP contribution in [0.25, 0.3) is 11.6 Å². The molecule has 4 rings (SSSR count). The van der Waals surface area contributed by atoms with Crippen molar-refractivity contribution in [3.8, 4) is 11.6 Å². The molecule has 1 amide bonds. The molecule has 0 saturated carbocycles. The van der Waals surface area contributed by atoms with E-state index in [4.69, 9.17) is 4.52 Å². The van der Waals surface area contributed by atoms with Gasteiger partial charge >= 0.3 is 0 Å². The highest BCUT2D eigenvalue weighted by atomic mass is 16.5. The van der Waals surface area contributed by atoms with Crippen molar-refractivity contribution in [3.05, 3.63) is 54.7 Å². The van der Waals surface area contributed by atoms with Crippen LogP contribution in [0.4, 0.5) is 5.69 Å². The van der Waals surface area contributed by atoms with Crippen molar-refractivity contribution in [2.45, 2.75) is 31.7 Å². The van der Waals surface area contributed by atoms with Gasteiger partial charge in [0.25, 0.3) is 0 Å². The third kappa shape index (κ3) is 4.51. The second kappa shape index (κ2) is 8.60. The zero-order chi connectivity index (χ0) is 19.2. The van der Waals surface area contributed by atoms with Crippen molar-refractivity contribution >= 4 is 11.6 Å². The van der Waals surface area contributed by atoms with E-state index in [9.17, 15) is 4.79 Å². The first-order valence-corrected chi connectivity index (χ1v) is 9.47. The molecule has 1 atom stereocenters. The number of benzene rings is 1. The molecule has 1 aliphatic rings. The smallest absolute Gasteiger partial charge is 0.240 e. The minimum absolute atomic E-state index is 0.00405. The summed E-state index contributed by atoms with van der Waals surface area (Å²) in [6.45, 7) is 1.84. The van der Waals surface area contributed by atoms with E-state index in [0.29, 0.717) is 30.4 Å². The molecule has 2 aromatic heterocycles. The van der Waals surface area contributed by atoms with Gasteiger partial charge in [-0.05, 0) is 31.0 Å². The number of aryl methyl sites for hydroxylation is 1. The van der Waals surface area contributed by atoms with Gasteiger partial charge in [0.2, 0.25) is 23.4 Å². The summed E-state index contributed by atoms with van der Waals surface area (Å²) in [5, 5.41) is 7.01. The minimum atomic E-state index is -0.00405. The van der Waals surface area contributed by atoms with E-state index in [-0.39, 0.29) is 11.9 Å². The number of para-hydroxylation sites is 1. The van der Waals surface area contributed by atoms with E-state index in [1.807, 2.05) is 18.2 Å². The molecule has 1 N–H and O–H groups in total. The van der Waals surface area contributed by atoms with E-state index in [1.54, 1.807) is 18.5 Å². The van der Waals surface area contributed by atoms with Gasteiger partial charge in [0.1, 0.15) is 0 Å². The first-order chi connectivity index (χ1) is 13.8. The lowest BCUT2D eigenvalue weighted by Crippen LogP contribution is -2.47. The maximum Gasteiger partial charge on any atom is 0.240 e. The van der Waals surface area contributed by atoms with Crippen LogP contribution in [0.2, 0.25) is 0 Å². The molecule has 8 heteroatoms. The molecule has 28 heavy (non-hydrogen) atoms. The minimum Gasteiger partial charge on any atom is -0.369 e. The first-order valence-electron chi connectivity index (χ1n) is 9.47. The van der Waals surface area contributed by atoms with Gasteiger partial charge < -0.3 is 14.7 Å². The largest absolute Gasteiger partial charge is 0.369 e. The van der Waals surface area contributed by atoms with E-state index < -0.39 is 0 Å². The summed E-state index contributed by atoms with van der Waals surface area (Å²) < 4.78 is 5.20. The molecule has 1 unspecified atom stereocenters. The van der Waals surface area contributed by atoms with Crippen molar-refractivity contribution in [3.63, 3.8) is 0 Å². The van der Waals surface area contributed by atoms with Crippen molar-refractivity contribution in [1.82, 2.24) is 25.4 Å². The third-order valence-electron chi connectivity index (χ3n) is 4.71. The summed E-state index contributed by atoms with van der Waals surface area (Å²) in [5.74, 6) is 1.15. The summed E-state index contributed by atoms with van der Waals surface area (Å²) in [6, 6.07) is 12.2. The lowest BCUT2D eigenvalue weighted by atomic mass is 10.0. The number of carbonyl (C=O) groups is 1. The molecule has 8 nitrogen and oxygen atoms in total. The second-order valence-electron chi connectivity index (χ2n) is 6.77. The third-order valence-corrected chi connectivity index (χ3v) is 4.71. The highest BCUT2D eigenvalue weighted by molar-refractivity contribution is 5.76. The normalized spacial score (nSPS) is 16.7. The molecule has 1 fully saturated rings. The van der Waals surface area contributed by atoms with Gasteiger partial charge in [-0.2, -0.15) is 4.98 Å². The second-order valence-corrected chi connectivity index (χ2v) is 6.77. The molecule has 3 aromatic rings. The monoisotopic (exact) mass is 378 g/mol. The Bertz CT molecular complexity index is 899. The fourth-order valence-corrected chi connectivity index (χ4v) is 3.35. The van der Waals surface area contributed by atoms with Crippen LogP contribution in [0, 0.1) is 0 Å². The van der Waals surface area contributed by atoms with E-state index in [2.05, 4.69) is 42.5 Å². The van der Waals surface area contributed by atoms with Gasteiger partial charge in [-0.15, -0.1) is 0 Å². The van der Waals surface area contributed by atoms with Gasteiger partial charge in [0, 0.05) is 50.1 Å². The lowest BCUT2D eigenvalue weighted by molar-refractivity contribution is -0.121. The molecule has 0 aliphatic carbocycles. The highest BCUT2D eigenvalue weighted by Gasteiger charge is 2.22. The van der Waals surface area contributed by atoms with Crippen LogP contribution in [-0.2, 0) is 11.2 Å². The molecule has 0 radical (unpaired) electrons. The van der Waals surface area contributed by atoms with Crippen molar-refractivity contribution in [2.24, 2.45) is 0 Å². The Labute approximate surface area is 163 Å². The van der Waals surface area contributed by atoms with Crippen LogP contribution < -0.4 is 10.2 Å². The van der Waals surface area contributed by atoms with Gasteiger partial charge in [-0.3, -0.25) is 4.79 Å². The predicted molar refractivity (Wildman–Crippen MR) is 103 cm³/mol. The van der Waals surface area contributed by atoms with Crippen LogP contribution in [-0.4, -0.2) is 45.1 Å². The molecular weight excluding hydrogens is 356 g/mol. The molecule has 144 valence electrons. The highest BCUT2D eigenvalue weighted by Crippen LogP contribution is 2.19. The average Bonchev–Trinajstić information content (AvgIpc) is 3.23. The Morgan fingerprint density at radius 2 is 1.96 bits per heavy atom. The summed E-state index contributed by atoms with van der Waals surface area (Å²) in [4.78, 5) is 27.1. The number of rotatable bonds is 6. The number of nitrogens with zero attached hydrogens (tertiary/aromatic N) is 5. The molecular formula is C20H22N6O2. The Morgan fingerprint density at radius 3 is 2.79 bits per heavy atom. The van der Waals surface area contributed by atoms with Gasteiger partial charge in [0.05, 0.1) is 0 Å². The Hall–Kier alpha value is -3.29. The number of carbonyl (C=O) groups excluding carboxylic acids is 1. The molecule has 0 bridgehead atoms. The molecule has 1 aliphatic heterocycles. The van der Waals surface area contributed by atoms with Gasteiger partial charge in [-0.25, -0.2) is 9.97 Å². The van der Waals surface area contributed by atoms with Crippen molar-refractivity contribution < 1.29 is 9.32 Å². The number of nitrogens with one attached hydrogen (secondary N) is 1. The Kier molecular flexibility index (Phi) is 5.56. The van der Waals surface area contributed by atoms with Crippen LogP contribution in [0.1, 0.15) is 25.2 Å². The van der Waals surface area contributed by atoms with E-state index in [0.717, 1.165) is 25.9 Å². The first kappa shape index (κ1) is 18.1. The summed E-state index contributed by atoms with van der Waals surface area (Å²) in [7, 11) is 0. The van der Waals surface area contributed by atoms with Crippen molar-refractivity contribution in [1.29, 1.82) is 0 Å². The summed E-state index contributed by atoms with van der Waals surface area (Å²) >= 11 is 0. The van der Waals surface area contributed by atoms with Gasteiger partial charge in [-0.1, -0.05) is 23.4 Å². The van der Waals surface area contributed by atoms with Crippen LogP contribution in [0.5, 0.6) is 0 Å². The number of hydrogen-bond acceptors (Lipinski definition) is 7. The van der Waals surface area contributed by atoms with Crippen LogP contribution in [0.3, 0.4) is 0 Å². The van der Waals surface area contributed by atoms with E-state index in [1.165, 1.54) is 5.69 Å². The Balaban J connectivity index is 1.27. The topological polar surface area (TPSA) is 97.0 Å². The molecule has 1 saturated heterocycles. The molecule has 1 aromatic carbocycles. The molecule has 3 heterocycles. The SMILES string of the molecule is O=C(CCc1nc(-c2ncccn2)no1)NC1CCCN(c2ccccc2)C1. The fraction of sp³-hybridized carbons (Fsp3) is 0.350. The Morgan fingerprint density at radius 1 is 1.14 bits per heavy atom. The van der Waals surface area contributed by atoms with Gasteiger partial charge in [0.15, 0.2) is 0 Å². The predicted octanol–water partition coefficient (Wildman–Crippen LogP) is 2.24. The van der Waals surface area contributed by atoms with E-state index >= 15 is 0 Å². The lowest BCUT2D eigenvalue weighted by Gasteiger charge is -2.34. The number of amides is 1. The number of piperidine rings is 1. The summed E-state index contributed by atoms with van der Waals surface area (Å²) in [6.07, 6.45) is 5.98. The number of hydrogen-bond donors (Lipinski definition) is 1. The van der Waals surface area contributed by atoms with Crippen LogP contribution in [0.15, 0.2) is 53.3 Å².